The number of allylic oxidation sites excluding steroid dienone is 1. The Hall–Kier alpha value is -2.65. The molecule has 0 aliphatic heterocycles. The number of carbonyl (C=O) groups is 1. The van der Waals surface area contributed by atoms with E-state index in [4.69, 9.17) is 4.74 Å². The molecule has 1 aromatic carbocycles. The van der Waals surface area contributed by atoms with Crippen LogP contribution in [0, 0.1) is 16.7 Å². The zero-order chi connectivity index (χ0) is 22.7. The van der Waals surface area contributed by atoms with E-state index in [2.05, 4.69) is 42.9 Å². The molecule has 0 saturated heterocycles. The third-order valence-electron chi connectivity index (χ3n) is 4.79. The highest BCUT2D eigenvalue weighted by Crippen LogP contribution is 2.30. The van der Waals surface area contributed by atoms with Gasteiger partial charge in [0.05, 0.1) is 20.2 Å². The SMILES string of the molecule is CCc1cc(/C(OC(=O)CC(C)(C)C)=C(/C#N)c2ccc([Si](C)(C)C)cc2)n(C)n1. The van der Waals surface area contributed by atoms with Gasteiger partial charge in [-0.1, -0.05) is 76.8 Å². The van der Waals surface area contributed by atoms with E-state index in [0.29, 0.717) is 11.3 Å². The van der Waals surface area contributed by atoms with Crippen LogP contribution in [0.15, 0.2) is 30.3 Å². The van der Waals surface area contributed by atoms with Gasteiger partial charge in [0, 0.05) is 7.05 Å². The standard InChI is InChI=1S/C24H33N3O2Si/c1-9-18-14-21(27(5)26-18)23(29-22(28)15-24(2,3)4)20(16-25)17-10-12-19(13-11-17)30(6,7)8/h10-14H,9,15H2,1-8H3/b23-20+. The number of hydrogen-bond donors (Lipinski definition) is 0. The molecule has 5 nitrogen and oxygen atoms in total. The summed E-state index contributed by atoms with van der Waals surface area (Å²) in [6.07, 6.45) is 1.01. The molecule has 0 bridgehead atoms. The van der Waals surface area contributed by atoms with Gasteiger partial charge in [-0.3, -0.25) is 9.48 Å². The van der Waals surface area contributed by atoms with E-state index in [-0.39, 0.29) is 23.6 Å². The van der Waals surface area contributed by atoms with Gasteiger partial charge in [0.1, 0.15) is 17.3 Å². The number of benzene rings is 1. The van der Waals surface area contributed by atoms with E-state index in [0.717, 1.165) is 17.7 Å². The van der Waals surface area contributed by atoms with E-state index in [9.17, 15) is 10.1 Å². The summed E-state index contributed by atoms with van der Waals surface area (Å²) >= 11 is 0. The Morgan fingerprint density at radius 2 is 1.80 bits per heavy atom. The third kappa shape index (κ3) is 5.93. The molecule has 160 valence electrons. The van der Waals surface area contributed by atoms with E-state index < -0.39 is 8.07 Å². The number of nitriles is 1. The largest absolute Gasteiger partial charge is 0.423 e. The lowest BCUT2D eigenvalue weighted by molar-refractivity contribution is -0.138. The fourth-order valence-corrected chi connectivity index (χ4v) is 4.28. The molecule has 30 heavy (non-hydrogen) atoms. The van der Waals surface area contributed by atoms with Crippen LogP contribution in [-0.2, 0) is 23.0 Å². The highest BCUT2D eigenvalue weighted by molar-refractivity contribution is 6.88. The van der Waals surface area contributed by atoms with Gasteiger partial charge >= 0.3 is 5.97 Å². The molecule has 0 unspecified atom stereocenters. The topological polar surface area (TPSA) is 67.9 Å². The number of ether oxygens (including phenoxy) is 1. The Bertz CT molecular complexity index is 981. The fraction of sp³-hybridized carbons (Fsp3) is 0.458. The average molecular weight is 424 g/mol. The highest BCUT2D eigenvalue weighted by Gasteiger charge is 2.24. The summed E-state index contributed by atoms with van der Waals surface area (Å²) in [6.45, 7) is 14.8. The number of aromatic nitrogens is 2. The Morgan fingerprint density at radius 3 is 2.23 bits per heavy atom. The minimum Gasteiger partial charge on any atom is -0.423 e. The van der Waals surface area contributed by atoms with Crippen molar-refractivity contribution in [2.75, 3.05) is 0 Å². The van der Waals surface area contributed by atoms with E-state index in [1.54, 1.807) is 11.7 Å². The number of rotatable bonds is 6. The van der Waals surface area contributed by atoms with E-state index in [1.807, 2.05) is 45.9 Å². The van der Waals surface area contributed by atoms with Crippen LogP contribution in [-0.4, -0.2) is 23.8 Å². The van der Waals surface area contributed by atoms with Crippen LogP contribution in [0.5, 0.6) is 0 Å². The van der Waals surface area contributed by atoms with Crippen molar-refractivity contribution in [1.82, 2.24) is 9.78 Å². The van der Waals surface area contributed by atoms with Crippen molar-refractivity contribution in [1.29, 1.82) is 5.26 Å². The highest BCUT2D eigenvalue weighted by atomic mass is 28.3. The summed E-state index contributed by atoms with van der Waals surface area (Å²) < 4.78 is 7.50. The van der Waals surface area contributed by atoms with Crippen molar-refractivity contribution in [3.05, 3.63) is 47.3 Å². The van der Waals surface area contributed by atoms with Crippen LogP contribution in [0.25, 0.3) is 11.3 Å². The number of hydrogen-bond acceptors (Lipinski definition) is 4. The van der Waals surface area contributed by atoms with E-state index >= 15 is 0 Å². The second-order valence-electron chi connectivity index (χ2n) is 9.85. The summed E-state index contributed by atoms with van der Waals surface area (Å²) in [7, 11) is 0.347. The molecule has 2 aromatic rings. The van der Waals surface area contributed by atoms with Crippen LogP contribution >= 0.6 is 0 Å². The summed E-state index contributed by atoms with van der Waals surface area (Å²) in [5.74, 6) is -0.0922. The van der Waals surface area contributed by atoms with Crippen molar-refractivity contribution >= 4 is 30.6 Å². The maximum atomic E-state index is 12.7. The quantitative estimate of drug-likeness (QED) is 0.287. The monoisotopic (exact) mass is 423 g/mol. The summed E-state index contributed by atoms with van der Waals surface area (Å²) in [4.78, 5) is 12.7. The lowest BCUT2D eigenvalue weighted by Gasteiger charge is -2.19. The number of nitrogens with zero attached hydrogens (tertiary/aromatic N) is 3. The molecular weight excluding hydrogens is 390 g/mol. The van der Waals surface area contributed by atoms with Crippen molar-refractivity contribution in [2.45, 2.75) is 60.2 Å². The van der Waals surface area contributed by atoms with Gasteiger partial charge in [-0.05, 0) is 23.5 Å². The molecule has 0 aliphatic rings. The molecule has 1 heterocycles. The predicted octanol–water partition coefficient (Wildman–Crippen LogP) is 4.90. The molecule has 0 saturated carbocycles. The molecule has 0 radical (unpaired) electrons. The Balaban J connectivity index is 2.61. The fourth-order valence-electron chi connectivity index (χ4n) is 3.11. The number of carbonyl (C=O) groups excluding carboxylic acids is 1. The molecule has 0 aliphatic carbocycles. The lowest BCUT2D eigenvalue weighted by atomic mass is 9.92. The third-order valence-corrected chi connectivity index (χ3v) is 6.86. The maximum absolute atomic E-state index is 12.7. The molecule has 0 atom stereocenters. The molecule has 6 heteroatoms. The van der Waals surface area contributed by atoms with Crippen molar-refractivity contribution < 1.29 is 9.53 Å². The summed E-state index contributed by atoms with van der Waals surface area (Å²) in [6, 6.07) is 12.2. The van der Waals surface area contributed by atoms with Gasteiger partial charge in [-0.15, -0.1) is 0 Å². The van der Waals surface area contributed by atoms with Crippen LogP contribution in [0.1, 0.15) is 51.1 Å². The molecule has 0 amide bonds. The predicted molar refractivity (Wildman–Crippen MR) is 125 cm³/mol. The van der Waals surface area contributed by atoms with Crippen molar-refractivity contribution in [2.24, 2.45) is 12.5 Å². The van der Waals surface area contributed by atoms with Gasteiger partial charge < -0.3 is 4.74 Å². The minimum atomic E-state index is -1.45. The second-order valence-corrected chi connectivity index (χ2v) is 14.9. The molecule has 0 N–H and O–H groups in total. The maximum Gasteiger partial charge on any atom is 0.311 e. The molecular formula is C24H33N3O2Si. The number of aryl methyl sites for hydroxylation is 2. The van der Waals surface area contributed by atoms with Gasteiger partial charge in [0.15, 0.2) is 5.76 Å². The van der Waals surface area contributed by atoms with Gasteiger partial charge in [-0.25, -0.2) is 0 Å². The Morgan fingerprint density at radius 1 is 1.20 bits per heavy atom. The normalized spacial score (nSPS) is 12.9. The Kier molecular flexibility index (Phi) is 7.09. The number of esters is 1. The zero-order valence-corrected chi connectivity index (χ0v) is 20.5. The zero-order valence-electron chi connectivity index (χ0n) is 19.5. The van der Waals surface area contributed by atoms with E-state index in [1.165, 1.54) is 5.19 Å². The molecule has 0 spiro atoms. The first-order valence-corrected chi connectivity index (χ1v) is 13.8. The second kappa shape index (κ2) is 9.01. The lowest BCUT2D eigenvalue weighted by Crippen LogP contribution is -2.37. The first kappa shape index (κ1) is 23.6. The molecule has 1 aromatic heterocycles. The van der Waals surface area contributed by atoms with Crippen LogP contribution in [0.4, 0.5) is 0 Å². The first-order chi connectivity index (χ1) is 13.9. The van der Waals surface area contributed by atoms with Gasteiger partial charge in [-0.2, -0.15) is 10.4 Å². The van der Waals surface area contributed by atoms with Crippen LogP contribution in [0.2, 0.25) is 19.6 Å². The van der Waals surface area contributed by atoms with Crippen molar-refractivity contribution in [3.8, 4) is 6.07 Å². The van der Waals surface area contributed by atoms with Crippen molar-refractivity contribution in [3.63, 3.8) is 0 Å². The first-order valence-electron chi connectivity index (χ1n) is 10.3. The average Bonchev–Trinajstić information content (AvgIpc) is 3.00. The smallest absolute Gasteiger partial charge is 0.311 e. The Labute approximate surface area is 181 Å². The summed E-state index contributed by atoms with van der Waals surface area (Å²) in [5.41, 5.74) is 2.36. The van der Waals surface area contributed by atoms with Crippen LogP contribution < -0.4 is 5.19 Å². The minimum absolute atomic E-state index is 0.213. The molecule has 2 rings (SSSR count). The van der Waals surface area contributed by atoms with Gasteiger partial charge in [0.2, 0.25) is 0 Å². The van der Waals surface area contributed by atoms with Crippen LogP contribution in [0.3, 0.4) is 0 Å². The van der Waals surface area contributed by atoms with Gasteiger partial charge in [0.25, 0.3) is 0 Å². The molecule has 0 fully saturated rings. The summed E-state index contributed by atoms with van der Waals surface area (Å²) in [5, 5.41) is 15.8.